The molecule has 0 spiro atoms. The van der Waals surface area contributed by atoms with Gasteiger partial charge in [-0.05, 0) is 31.5 Å². The van der Waals surface area contributed by atoms with E-state index in [9.17, 15) is 4.79 Å². The van der Waals surface area contributed by atoms with E-state index in [-0.39, 0.29) is 11.9 Å². The number of methoxy groups -OCH3 is 2. The molecule has 1 atom stereocenters. The first-order valence-electron chi connectivity index (χ1n) is 5.94. The highest BCUT2D eigenvalue weighted by molar-refractivity contribution is 5.76. The molecule has 1 rings (SSSR count). The smallest absolute Gasteiger partial charge is 0.132 e. The lowest BCUT2D eigenvalue weighted by atomic mass is 10.0. The molecule has 0 saturated carbocycles. The number of hydrogen-bond donors (Lipinski definition) is 0. The number of benzene rings is 1. The van der Waals surface area contributed by atoms with Gasteiger partial charge in [-0.2, -0.15) is 0 Å². The van der Waals surface area contributed by atoms with Crippen molar-refractivity contribution in [1.82, 2.24) is 0 Å². The Morgan fingerprint density at radius 1 is 1.17 bits per heavy atom. The van der Waals surface area contributed by atoms with Crippen LogP contribution in [0.1, 0.15) is 31.9 Å². The first-order valence-corrected chi connectivity index (χ1v) is 5.94. The highest BCUT2D eigenvalue weighted by Gasteiger charge is 2.16. The largest absolute Gasteiger partial charge is 0.497 e. The topological polar surface area (TPSA) is 44.8 Å². The fourth-order valence-electron chi connectivity index (χ4n) is 1.75. The standard InChI is InChI=1S/C14H20O4/c1-5-18-14(6-10(2)15)11-7-12(16-3)9-13(8-11)17-4/h7-9,14H,5-6H2,1-4H3. The third-order valence-electron chi connectivity index (χ3n) is 2.59. The fourth-order valence-corrected chi connectivity index (χ4v) is 1.75. The summed E-state index contributed by atoms with van der Waals surface area (Å²) < 4.78 is 16.0. The molecule has 18 heavy (non-hydrogen) atoms. The van der Waals surface area contributed by atoms with Gasteiger partial charge in [-0.3, -0.25) is 4.79 Å². The van der Waals surface area contributed by atoms with Crippen molar-refractivity contribution in [3.05, 3.63) is 23.8 Å². The molecule has 1 unspecified atom stereocenters. The van der Waals surface area contributed by atoms with Crippen molar-refractivity contribution >= 4 is 5.78 Å². The molecule has 0 aromatic heterocycles. The lowest BCUT2D eigenvalue weighted by molar-refractivity contribution is -0.119. The maximum atomic E-state index is 11.3. The lowest BCUT2D eigenvalue weighted by Gasteiger charge is -2.17. The molecule has 0 heterocycles. The fraction of sp³-hybridized carbons (Fsp3) is 0.500. The number of ether oxygens (including phenoxy) is 3. The first-order chi connectivity index (χ1) is 8.60. The minimum absolute atomic E-state index is 0.0928. The Bertz CT molecular complexity index is 379. The zero-order valence-corrected chi connectivity index (χ0v) is 11.4. The monoisotopic (exact) mass is 252 g/mol. The molecule has 4 heteroatoms. The third kappa shape index (κ3) is 4.04. The van der Waals surface area contributed by atoms with E-state index in [1.807, 2.05) is 19.1 Å². The average molecular weight is 252 g/mol. The Morgan fingerprint density at radius 2 is 1.72 bits per heavy atom. The van der Waals surface area contributed by atoms with Crippen LogP contribution in [-0.4, -0.2) is 26.6 Å². The molecule has 0 bridgehead atoms. The van der Waals surface area contributed by atoms with Crippen LogP contribution >= 0.6 is 0 Å². The van der Waals surface area contributed by atoms with Crippen molar-refractivity contribution in [2.75, 3.05) is 20.8 Å². The molecule has 0 saturated heterocycles. The summed E-state index contributed by atoms with van der Waals surface area (Å²) in [6, 6.07) is 5.53. The molecule has 0 aliphatic carbocycles. The summed E-state index contributed by atoms with van der Waals surface area (Å²) in [5.74, 6) is 1.48. The van der Waals surface area contributed by atoms with E-state index in [0.717, 1.165) is 5.56 Å². The Morgan fingerprint density at radius 3 is 2.11 bits per heavy atom. The minimum atomic E-state index is -0.253. The Kier molecular flexibility index (Phi) is 5.65. The van der Waals surface area contributed by atoms with Crippen LogP contribution in [0.25, 0.3) is 0 Å². The van der Waals surface area contributed by atoms with Crippen LogP contribution in [0.3, 0.4) is 0 Å². The number of carbonyl (C=O) groups excluding carboxylic acids is 1. The number of rotatable bonds is 7. The number of hydrogen-bond acceptors (Lipinski definition) is 4. The van der Waals surface area contributed by atoms with Crippen LogP contribution in [0.5, 0.6) is 11.5 Å². The van der Waals surface area contributed by atoms with Crippen LogP contribution in [-0.2, 0) is 9.53 Å². The average Bonchev–Trinajstić information content (AvgIpc) is 2.37. The predicted octanol–water partition coefficient (Wildman–Crippen LogP) is 2.76. The normalized spacial score (nSPS) is 12.0. The van der Waals surface area contributed by atoms with Gasteiger partial charge in [0.15, 0.2) is 0 Å². The molecule has 0 radical (unpaired) electrons. The van der Waals surface area contributed by atoms with Crippen LogP contribution in [0.4, 0.5) is 0 Å². The SMILES string of the molecule is CCOC(CC(C)=O)c1cc(OC)cc(OC)c1. The van der Waals surface area contributed by atoms with Crippen molar-refractivity contribution < 1.29 is 19.0 Å². The van der Waals surface area contributed by atoms with Gasteiger partial charge in [0.25, 0.3) is 0 Å². The van der Waals surface area contributed by atoms with Crippen molar-refractivity contribution in [3.63, 3.8) is 0 Å². The molecule has 1 aromatic rings. The molecule has 1 aromatic carbocycles. The molecule has 0 amide bonds. The second-order valence-electron chi connectivity index (χ2n) is 4.00. The van der Waals surface area contributed by atoms with E-state index in [1.165, 1.54) is 0 Å². The van der Waals surface area contributed by atoms with E-state index >= 15 is 0 Å². The van der Waals surface area contributed by atoms with Crippen LogP contribution < -0.4 is 9.47 Å². The summed E-state index contributed by atoms with van der Waals surface area (Å²) in [7, 11) is 3.19. The van der Waals surface area contributed by atoms with Gasteiger partial charge in [0.1, 0.15) is 17.3 Å². The highest BCUT2D eigenvalue weighted by atomic mass is 16.5. The molecular weight excluding hydrogens is 232 g/mol. The van der Waals surface area contributed by atoms with Crippen molar-refractivity contribution in [2.24, 2.45) is 0 Å². The molecule has 0 fully saturated rings. The summed E-state index contributed by atoms with van der Waals surface area (Å²) in [6.45, 7) is 4.02. The molecule has 0 N–H and O–H groups in total. The zero-order chi connectivity index (χ0) is 13.5. The minimum Gasteiger partial charge on any atom is -0.497 e. The van der Waals surface area contributed by atoms with E-state index in [0.29, 0.717) is 24.5 Å². The Balaban J connectivity index is 3.05. The summed E-state index contributed by atoms with van der Waals surface area (Å²) in [5.41, 5.74) is 0.892. The molecule has 0 aliphatic rings. The molecule has 4 nitrogen and oxygen atoms in total. The second kappa shape index (κ2) is 7.01. The summed E-state index contributed by atoms with van der Waals surface area (Å²) in [4.78, 5) is 11.3. The number of carbonyl (C=O) groups is 1. The van der Waals surface area contributed by atoms with Gasteiger partial charge < -0.3 is 14.2 Å². The first kappa shape index (κ1) is 14.5. The van der Waals surface area contributed by atoms with E-state index < -0.39 is 0 Å². The number of Topliss-reactive ketones (excluding diaryl/α,β-unsaturated/α-hetero) is 1. The van der Waals surface area contributed by atoms with Gasteiger partial charge in [-0.25, -0.2) is 0 Å². The summed E-state index contributed by atoms with van der Waals surface area (Å²) >= 11 is 0. The lowest BCUT2D eigenvalue weighted by Crippen LogP contribution is -2.09. The van der Waals surface area contributed by atoms with Crippen molar-refractivity contribution in [3.8, 4) is 11.5 Å². The summed E-state index contributed by atoms with van der Waals surface area (Å²) in [6.07, 6.45) is 0.0981. The van der Waals surface area contributed by atoms with Crippen LogP contribution in [0.2, 0.25) is 0 Å². The number of ketones is 1. The maximum Gasteiger partial charge on any atom is 0.132 e. The Hall–Kier alpha value is -1.55. The molecular formula is C14H20O4. The second-order valence-corrected chi connectivity index (χ2v) is 4.00. The van der Waals surface area contributed by atoms with Gasteiger partial charge >= 0.3 is 0 Å². The molecule has 0 aliphatic heterocycles. The third-order valence-corrected chi connectivity index (χ3v) is 2.59. The van der Waals surface area contributed by atoms with Gasteiger partial charge in [0, 0.05) is 19.1 Å². The quantitative estimate of drug-likeness (QED) is 0.748. The van der Waals surface area contributed by atoms with E-state index in [2.05, 4.69) is 0 Å². The summed E-state index contributed by atoms with van der Waals surface area (Å²) in [5, 5.41) is 0. The zero-order valence-electron chi connectivity index (χ0n) is 11.4. The van der Waals surface area contributed by atoms with Crippen molar-refractivity contribution in [1.29, 1.82) is 0 Å². The predicted molar refractivity (Wildman–Crippen MR) is 69.2 cm³/mol. The van der Waals surface area contributed by atoms with Crippen LogP contribution in [0.15, 0.2) is 18.2 Å². The van der Waals surface area contributed by atoms with Crippen LogP contribution in [0, 0.1) is 0 Å². The van der Waals surface area contributed by atoms with Crippen molar-refractivity contribution in [2.45, 2.75) is 26.4 Å². The highest BCUT2D eigenvalue weighted by Crippen LogP contribution is 2.30. The molecule has 100 valence electrons. The Labute approximate surface area is 108 Å². The van der Waals surface area contributed by atoms with Gasteiger partial charge in [-0.1, -0.05) is 0 Å². The van der Waals surface area contributed by atoms with Gasteiger partial charge in [0.05, 0.1) is 20.3 Å². The van der Waals surface area contributed by atoms with E-state index in [1.54, 1.807) is 27.2 Å². The maximum absolute atomic E-state index is 11.3. The van der Waals surface area contributed by atoms with Gasteiger partial charge in [0.2, 0.25) is 0 Å². The van der Waals surface area contributed by atoms with E-state index in [4.69, 9.17) is 14.2 Å². The van der Waals surface area contributed by atoms with Gasteiger partial charge in [-0.15, -0.1) is 0 Å².